The fourth-order valence-electron chi connectivity index (χ4n) is 2.13. The van der Waals surface area contributed by atoms with Gasteiger partial charge in [-0.05, 0) is 57.4 Å². The maximum absolute atomic E-state index is 12.7. The van der Waals surface area contributed by atoms with Crippen LogP contribution in [-0.4, -0.2) is 13.6 Å². The third-order valence-corrected chi connectivity index (χ3v) is 5.33. The van der Waals surface area contributed by atoms with Crippen molar-refractivity contribution in [2.75, 3.05) is 10.5 Å². The van der Waals surface area contributed by atoms with Gasteiger partial charge in [0.2, 0.25) is 5.88 Å². The van der Waals surface area contributed by atoms with E-state index in [-0.39, 0.29) is 10.8 Å². The van der Waals surface area contributed by atoms with Crippen molar-refractivity contribution < 1.29 is 12.9 Å². The van der Waals surface area contributed by atoms with Crippen LogP contribution in [0.5, 0.6) is 0 Å². The van der Waals surface area contributed by atoms with Gasteiger partial charge in [-0.2, -0.15) is 0 Å². The smallest absolute Gasteiger partial charge is 0.264 e. The number of anilines is 2. The van der Waals surface area contributed by atoms with Gasteiger partial charge in [0, 0.05) is 11.3 Å². The highest BCUT2D eigenvalue weighted by Gasteiger charge is 2.25. The number of aryl methyl sites for hydroxylation is 2. The summed E-state index contributed by atoms with van der Waals surface area (Å²) in [4.78, 5) is 0.188. The monoisotopic (exact) mass is 309 g/mol. The first-order valence-corrected chi connectivity index (χ1v) is 7.95. The molecule has 1 aromatic heterocycles. The second-order valence-corrected chi connectivity index (χ2v) is 6.81. The van der Waals surface area contributed by atoms with E-state index in [9.17, 15) is 8.42 Å². The van der Waals surface area contributed by atoms with Crippen molar-refractivity contribution in [3.63, 3.8) is 0 Å². The molecule has 0 aliphatic heterocycles. The lowest BCUT2D eigenvalue weighted by molar-refractivity contribution is 0.430. The third kappa shape index (κ3) is 2.61. The zero-order valence-electron chi connectivity index (χ0n) is 12.7. The minimum atomic E-state index is -3.79. The van der Waals surface area contributed by atoms with Gasteiger partial charge in [-0.1, -0.05) is 5.16 Å². The number of nitrogens with two attached hydrogens (primary N) is 1. The summed E-state index contributed by atoms with van der Waals surface area (Å²) < 4.78 is 32.8. The van der Waals surface area contributed by atoms with E-state index < -0.39 is 10.0 Å². The molecule has 0 saturated heterocycles. The normalized spacial score (nSPS) is 11.7. The molecule has 3 N–H and O–H groups in total. The summed E-state index contributed by atoms with van der Waals surface area (Å²) >= 11 is 0. The van der Waals surface area contributed by atoms with Gasteiger partial charge in [-0.3, -0.25) is 0 Å². The van der Waals surface area contributed by atoms with Crippen molar-refractivity contribution in [2.45, 2.75) is 39.5 Å². The molecule has 0 unspecified atom stereocenters. The van der Waals surface area contributed by atoms with Crippen molar-refractivity contribution in [1.29, 1.82) is 0 Å². The maximum atomic E-state index is 12.7. The quantitative estimate of drug-likeness (QED) is 0.849. The van der Waals surface area contributed by atoms with Crippen LogP contribution in [-0.2, 0) is 10.0 Å². The Balaban J connectivity index is 2.58. The maximum Gasteiger partial charge on any atom is 0.264 e. The summed E-state index contributed by atoms with van der Waals surface area (Å²) in [5.41, 5.74) is 9.66. The average molecular weight is 309 g/mol. The molecule has 0 saturated carbocycles. The second kappa shape index (κ2) is 5.07. The molecule has 0 bridgehead atoms. The number of aromatic nitrogens is 1. The molecule has 0 aliphatic rings. The predicted octanol–water partition coefficient (Wildman–Crippen LogP) is 2.60. The Hall–Kier alpha value is -2.02. The molecule has 2 rings (SSSR count). The Labute approximate surface area is 124 Å². The van der Waals surface area contributed by atoms with Gasteiger partial charge >= 0.3 is 0 Å². The number of nitrogen functional groups attached to an aromatic ring is 1. The number of nitrogens with one attached hydrogen (secondary N) is 1. The van der Waals surface area contributed by atoms with Gasteiger partial charge in [-0.15, -0.1) is 0 Å². The second-order valence-electron chi connectivity index (χ2n) is 5.19. The SMILES string of the molecule is Cc1cc(N)c(C)c(S(=O)(=O)Nc2onc(C)c2C)c1C. The number of rotatable bonds is 3. The first kappa shape index (κ1) is 15.4. The van der Waals surface area contributed by atoms with Crippen molar-refractivity contribution in [2.24, 2.45) is 0 Å². The lowest BCUT2D eigenvalue weighted by Gasteiger charge is -2.15. The van der Waals surface area contributed by atoms with Gasteiger partial charge in [0.1, 0.15) is 0 Å². The first-order valence-electron chi connectivity index (χ1n) is 6.47. The van der Waals surface area contributed by atoms with Crippen LogP contribution in [0.3, 0.4) is 0 Å². The van der Waals surface area contributed by atoms with E-state index in [1.165, 1.54) is 0 Å². The lowest BCUT2D eigenvalue weighted by Crippen LogP contribution is -2.17. The molecule has 7 heteroatoms. The van der Waals surface area contributed by atoms with Gasteiger partial charge in [0.05, 0.1) is 10.6 Å². The fourth-order valence-corrected chi connectivity index (χ4v) is 3.75. The zero-order valence-corrected chi connectivity index (χ0v) is 13.6. The summed E-state index contributed by atoms with van der Waals surface area (Å²) in [6.45, 7) is 8.77. The van der Waals surface area contributed by atoms with Gasteiger partial charge in [0.25, 0.3) is 10.0 Å². The van der Waals surface area contributed by atoms with Crippen LogP contribution in [0.2, 0.25) is 0 Å². The van der Waals surface area contributed by atoms with E-state index in [4.69, 9.17) is 10.3 Å². The van der Waals surface area contributed by atoms with E-state index in [1.54, 1.807) is 33.8 Å². The fraction of sp³-hybridized carbons (Fsp3) is 0.357. The summed E-state index contributed by atoms with van der Waals surface area (Å²) in [7, 11) is -3.79. The number of benzene rings is 1. The summed E-state index contributed by atoms with van der Waals surface area (Å²) in [6, 6.07) is 1.77. The minimum Gasteiger partial charge on any atom is -0.398 e. The molecule has 0 amide bonds. The summed E-state index contributed by atoms with van der Waals surface area (Å²) in [6.07, 6.45) is 0. The van der Waals surface area contributed by atoms with E-state index in [0.717, 1.165) is 5.56 Å². The highest BCUT2D eigenvalue weighted by Crippen LogP contribution is 2.30. The molecule has 0 atom stereocenters. The molecular weight excluding hydrogens is 290 g/mol. The van der Waals surface area contributed by atoms with Crippen molar-refractivity contribution in [3.8, 4) is 0 Å². The molecule has 0 spiro atoms. The van der Waals surface area contributed by atoms with E-state index in [1.807, 2.05) is 6.92 Å². The Morgan fingerprint density at radius 2 is 1.71 bits per heavy atom. The zero-order chi connectivity index (χ0) is 15.9. The number of hydrogen-bond acceptors (Lipinski definition) is 5. The molecule has 0 radical (unpaired) electrons. The van der Waals surface area contributed by atoms with E-state index >= 15 is 0 Å². The van der Waals surface area contributed by atoms with Crippen molar-refractivity contribution in [1.82, 2.24) is 5.16 Å². The highest BCUT2D eigenvalue weighted by atomic mass is 32.2. The lowest BCUT2D eigenvalue weighted by atomic mass is 10.1. The number of sulfonamides is 1. The van der Waals surface area contributed by atoms with E-state index in [0.29, 0.717) is 28.1 Å². The highest BCUT2D eigenvalue weighted by molar-refractivity contribution is 7.92. The predicted molar refractivity (Wildman–Crippen MR) is 81.9 cm³/mol. The molecule has 6 nitrogen and oxygen atoms in total. The summed E-state index contributed by atoms with van der Waals surface area (Å²) in [5, 5.41) is 3.75. The standard InChI is InChI=1S/C14H19N3O3S/c1-7-6-12(15)10(4)13(8(7)2)21(18,19)17-14-9(3)11(5)16-20-14/h6,17H,15H2,1-5H3. The summed E-state index contributed by atoms with van der Waals surface area (Å²) in [5.74, 6) is 0.131. The molecule has 0 aliphatic carbocycles. The van der Waals surface area contributed by atoms with Crippen LogP contribution in [0, 0.1) is 34.6 Å². The topological polar surface area (TPSA) is 98.2 Å². The van der Waals surface area contributed by atoms with Crippen molar-refractivity contribution in [3.05, 3.63) is 34.0 Å². The minimum absolute atomic E-state index is 0.131. The van der Waals surface area contributed by atoms with Crippen LogP contribution in [0.1, 0.15) is 27.9 Å². The van der Waals surface area contributed by atoms with Gasteiger partial charge in [0.15, 0.2) is 0 Å². The van der Waals surface area contributed by atoms with Gasteiger partial charge in [-0.25, -0.2) is 13.1 Å². The molecule has 1 aromatic carbocycles. The largest absolute Gasteiger partial charge is 0.398 e. The molecule has 114 valence electrons. The molecular formula is C14H19N3O3S. The third-order valence-electron chi connectivity index (χ3n) is 3.73. The van der Waals surface area contributed by atoms with Crippen LogP contribution in [0.15, 0.2) is 15.5 Å². The molecule has 2 aromatic rings. The molecule has 21 heavy (non-hydrogen) atoms. The van der Waals surface area contributed by atoms with Crippen LogP contribution in [0.4, 0.5) is 11.6 Å². The first-order chi connectivity index (χ1) is 9.65. The van der Waals surface area contributed by atoms with Crippen molar-refractivity contribution >= 4 is 21.6 Å². The average Bonchev–Trinajstić information content (AvgIpc) is 2.68. The van der Waals surface area contributed by atoms with Crippen LogP contribution >= 0.6 is 0 Å². The Kier molecular flexibility index (Phi) is 3.71. The Morgan fingerprint density at radius 3 is 2.24 bits per heavy atom. The van der Waals surface area contributed by atoms with E-state index in [2.05, 4.69) is 9.88 Å². The molecule has 1 heterocycles. The van der Waals surface area contributed by atoms with Crippen LogP contribution < -0.4 is 10.5 Å². The molecule has 0 fully saturated rings. The Bertz CT molecular complexity index is 781. The van der Waals surface area contributed by atoms with Crippen LogP contribution in [0.25, 0.3) is 0 Å². The Morgan fingerprint density at radius 1 is 1.10 bits per heavy atom. The number of nitrogens with zero attached hydrogens (tertiary/aromatic N) is 1. The number of hydrogen-bond donors (Lipinski definition) is 2. The van der Waals surface area contributed by atoms with Gasteiger partial charge < -0.3 is 10.3 Å².